The summed E-state index contributed by atoms with van der Waals surface area (Å²) in [6.45, 7) is 7.28. The number of nitrogens with one attached hydrogen (secondary N) is 4. The molecule has 11 nitrogen and oxygen atoms in total. The molecule has 41 heavy (non-hydrogen) atoms. The lowest BCUT2D eigenvalue weighted by molar-refractivity contribution is -0.115. The van der Waals surface area contributed by atoms with Crippen molar-refractivity contribution in [1.82, 2.24) is 30.4 Å². The number of allylic oxidation sites excluding steroid dienone is 1. The molecule has 1 amide bonds. The van der Waals surface area contributed by atoms with Gasteiger partial charge < -0.3 is 36.4 Å². The second-order valence-corrected chi connectivity index (χ2v) is 9.63. The van der Waals surface area contributed by atoms with Gasteiger partial charge in [0.2, 0.25) is 11.8 Å². The number of aliphatic hydroxyl groups excluding tert-OH is 2. The van der Waals surface area contributed by atoms with E-state index < -0.39 is 17.7 Å². The van der Waals surface area contributed by atoms with Gasteiger partial charge in [-0.3, -0.25) is 9.69 Å². The predicted molar refractivity (Wildman–Crippen MR) is 154 cm³/mol. The highest BCUT2D eigenvalue weighted by Crippen LogP contribution is 2.26. The van der Waals surface area contributed by atoms with E-state index in [1.165, 1.54) is 24.5 Å². The molecule has 0 unspecified atom stereocenters. The van der Waals surface area contributed by atoms with Crippen molar-refractivity contribution in [2.75, 3.05) is 64.1 Å². The standard InChI is InChI=1S/C28H38F2N8O3/c1-4-27(40)34-22(17-38-9-7-37(3)8-10-38)15-24(28(41)31-2)36-26-16-25(32-18-33-26)35-23(6-5-11-39)19-12-20(29)14-21(30)13-19/h4,12-16,18,23,31,39,41H,1,5-11,17H2,2-3H3,(H,34,40)(H2,32,33,35,36)/b22-15+,28-24-/t23-/m1/s1. The van der Waals surface area contributed by atoms with Crippen LogP contribution in [-0.2, 0) is 4.79 Å². The number of piperazine rings is 1. The van der Waals surface area contributed by atoms with Gasteiger partial charge in [-0.25, -0.2) is 18.7 Å². The van der Waals surface area contributed by atoms with Crippen molar-refractivity contribution in [3.05, 3.63) is 83.8 Å². The number of aromatic nitrogens is 2. The fourth-order valence-electron chi connectivity index (χ4n) is 4.26. The molecular formula is C28H38F2N8O3. The van der Waals surface area contributed by atoms with E-state index in [0.717, 1.165) is 32.2 Å². The van der Waals surface area contributed by atoms with Crippen molar-refractivity contribution in [3.8, 4) is 0 Å². The van der Waals surface area contributed by atoms with Crippen LogP contribution in [0.4, 0.5) is 20.4 Å². The minimum absolute atomic E-state index is 0.0881. The molecule has 1 saturated heterocycles. The number of carbonyl (C=O) groups excluding carboxylic acids is 1. The molecule has 1 aliphatic heterocycles. The molecule has 1 aromatic heterocycles. The van der Waals surface area contributed by atoms with Crippen molar-refractivity contribution in [2.24, 2.45) is 0 Å². The summed E-state index contributed by atoms with van der Waals surface area (Å²) < 4.78 is 27.8. The minimum atomic E-state index is -0.708. The van der Waals surface area contributed by atoms with Crippen LogP contribution >= 0.6 is 0 Å². The zero-order valence-electron chi connectivity index (χ0n) is 23.3. The Balaban J connectivity index is 1.85. The molecule has 0 saturated carbocycles. The molecule has 1 aromatic carbocycles. The monoisotopic (exact) mass is 572 g/mol. The Hall–Kier alpha value is -4.07. The average Bonchev–Trinajstić information content (AvgIpc) is 2.95. The Kier molecular flexibility index (Phi) is 12.0. The van der Waals surface area contributed by atoms with Gasteiger partial charge in [-0.15, -0.1) is 0 Å². The van der Waals surface area contributed by atoms with E-state index in [1.54, 1.807) is 19.2 Å². The maximum atomic E-state index is 13.9. The van der Waals surface area contributed by atoms with Crippen molar-refractivity contribution in [1.29, 1.82) is 0 Å². The van der Waals surface area contributed by atoms with E-state index in [-0.39, 0.29) is 24.1 Å². The van der Waals surface area contributed by atoms with Crippen LogP contribution in [0, 0.1) is 11.6 Å². The van der Waals surface area contributed by atoms with Gasteiger partial charge in [-0.05, 0) is 49.7 Å². The van der Waals surface area contributed by atoms with Gasteiger partial charge in [0, 0.05) is 64.2 Å². The lowest BCUT2D eigenvalue weighted by Gasteiger charge is -2.33. The average molecular weight is 573 g/mol. The molecule has 6 N–H and O–H groups in total. The molecule has 1 atom stereocenters. The van der Waals surface area contributed by atoms with Crippen LogP contribution in [0.1, 0.15) is 24.4 Å². The molecule has 0 aliphatic carbocycles. The Morgan fingerprint density at radius 2 is 1.80 bits per heavy atom. The fraction of sp³-hybridized carbons (Fsp3) is 0.393. The van der Waals surface area contributed by atoms with Crippen LogP contribution in [0.3, 0.4) is 0 Å². The summed E-state index contributed by atoms with van der Waals surface area (Å²) in [5.74, 6) is -1.35. The highest BCUT2D eigenvalue weighted by Gasteiger charge is 2.18. The third kappa shape index (κ3) is 10.1. The Morgan fingerprint density at radius 1 is 1.12 bits per heavy atom. The first-order valence-corrected chi connectivity index (χ1v) is 13.3. The van der Waals surface area contributed by atoms with E-state index in [2.05, 4.69) is 54.7 Å². The van der Waals surface area contributed by atoms with Gasteiger partial charge >= 0.3 is 0 Å². The first kappa shape index (κ1) is 31.5. The smallest absolute Gasteiger partial charge is 0.247 e. The lowest BCUT2D eigenvalue weighted by Crippen LogP contribution is -2.46. The third-order valence-electron chi connectivity index (χ3n) is 6.46. The molecule has 3 rings (SSSR count). The van der Waals surface area contributed by atoms with E-state index in [1.807, 2.05) is 0 Å². The molecule has 0 bridgehead atoms. The number of amides is 1. The number of rotatable bonds is 14. The summed E-state index contributed by atoms with van der Waals surface area (Å²) in [5.41, 5.74) is 1.13. The summed E-state index contributed by atoms with van der Waals surface area (Å²) in [4.78, 5) is 25.0. The number of hydrogen-bond acceptors (Lipinski definition) is 10. The van der Waals surface area contributed by atoms with E-state index in [4.69, 9.17) is 0 Å². The van der Waals surface area contributed by atoms with Crippen molar-refractivity contribution in [3.63, 3.8) is 0 Å². The highest BCUT2D eigenvalue weighted by molar-refractivity contribution is 5.88. The molecule has 1 aliphatic rings. The van der Waals surface area contributed by atoms with E-state index in [9.17, 15) is 23.8 Å². The van der Waals surface area contributed by atoms with Gasteiger partial charge in [-0.2, -0.15) is 0 Å². The van der Waals surface area contributed by atoms with Crippen molar-refractivity contribution < 1.29 is 23.8 Å². The molecule has 13 heteroatoms. The zero-order valence-corrected chi connectivity index (χ0v) is 23.3. The fourth-order valence-corrected chi connectivity index (χ4v) is 4.26. The zero-order chi connectivity index (χ0) is 29.8. The summed E-state index contributed by atoms with van der Waals surface area (Å²) in [6, 6.07) is 4.29. The second kappa shape index (κ2) is 15.6. The number of halogens is 2. The summed E-state index contributed by atoms with van der Waals surface area (Å²) in [6.07, 6.45) is 4.86. The summed E-state index contributed by atoms with van der Waals surface area (Å²) >= 11 is 0. The molecule has 2 aromatic rings. The Morgan fingerprint density at radius 3 is 2.44 bits per heavy atom. The first-order chi connectivity index (χ1) is 19.7. The SMILES string of the molecule is C=CC(=O)N/C(=C/C(Nc1cc(N[C@H](CCCO)c2cc(F)cc(F)c2)ncn1)=C(/O)NC)CN1CCN(C)CC1. The largest absolute Gasteiger partial charge is 0.493 e. The van der Waals surface area contributed by atoms with Crippen LogP contribution in [0.2, 0.25) is 0 Å². The van der Waals surface area contributed by atoms with Crippen LogP contribution < -0.4 is 21.3 Å². The quantitative estimate of drug-likeness (QED) is 0.114. The van der Waals surface area contributed by atoms with Gasteiger partial charge in [0.15, 0.2) is 0 Å². The third-order valence-corrected chi connectivity index (χ3v) is 6.46. The van der Waals surface area contributed by atoms with Gasteiger partial charge in [0.1, 0.15) is 35.3 Å². The molecule has 0 spiro atoms. The van der Waals surface area contributed by atoms with Crippen molar-refractivity contribution >= 4 is 17.5 Å². The number of anilines is 2. The molecular weight excluding hydrogens is 534 g/mol. The normalized spacial score (nSPS) is 16.0. The molecule has 222 valence electrons. The van der Waals surface area contributed by atoms with Gasteiger partial charge in [-0.1, -0.05) is 6.58 Å². The Labute approximate surface area is 238 Å². The minimum Gasteiger partial charge on any atom is -0.493 e. The summed E-state index contributed by atoms with van der Waals surface area (Å²) in [7, 11) is 3.60. The topological polar surface area (TPSA) is 138 Å². The highest BCUT2D eigenvalue weighted by atomic mass is 19.1. The number of aliphatic hydroxyl groups is 2. The summed E-state index contributed by atoms with van der Waals surface area (Å²) in [5, 5.41) is 31.7. The number of carbonyl (C=O) groups is 1. The number of nitrogens with zero attached hydrogens (tertiary/aromatic N) is 4. The number of hydrogen-bond donors (Lipinski definition) is 6. The van der Waals surface area contributed by atoms with E-state index >= 15 is 0 Å². The molecule has 1 fully saturated rings. The lowest BCUT2D eigenvalue weighted by atomic mass is 10.0. The van der Waals surface area contributed by atoms with Crippen LogP contribution in [0.25, 0.3) is 0 Å². The number of likely N-dealkylation sites (N-methyl/N-ethyl adjacent to an activating group) is 1. The number of benzene rings is 1. The molecule has 2 heterocycles. The van der Waals surface area contributed by atoms with Crippen molar-refractivity contribution in [2.45, 2.75) is 18.9 Å². The Bertz CT molecular complexity index is 1230. The predicted octanol–water partition coefficient (Wildman–Crippen LogP) is 2.47. The maximum Gasteiger partial charge on any atom is 0.247 e. The van der Waals surface area contributed by atoms with Gasteiger partial charge in [0.05, 0.1) is 6.04 Å². The molecule has 0 radical (unpaired) electrons. The van der Waals surface area contributed by atoms with Gasteiger partial charge in [0.25, 0.3) is 0 Å². The van der Waals surface area contributed by atoms with Crippen LogP contribution in [-0.4, -0.2) is 89.3 Å². The van der Waals surface area contributed by atoms with Crippen LogP contribution in [0.5, 0.6) is 0 Å². The van der Waals surface area contributed by atoms with E-state index in [0.29, 0.717) is 42.3 Å². The first-order valence-electron chi connectivity index (χ1n) is 13.3. The van der Waals surface area contributed by atoms with Crippen LogP contribution in [0.15, 0.2) is 66.6 Å². The maximum absolute atomic E-state index is 13.9. The second-order valence-electron chi connectivity index (χ2n) is 9.63.